The predicted molar refractivity (Wildman–Crippen MR) is 106 cm³/mol. The molecule has 8 heteroatoms. The minimum Gasteiger partial charge on any atom is -0.297 e. The Bertz CT molecular complexity index is 1070. The molecule has 0 spiro atoms. The van der Waals surface area contributed by atoms with E-state index >= 15 is 0 Å². The summed E-state index contributed by atoms with van der Waals surface area (Å²) >= 11 is 4.26. The lowest BCUT2D eigenvalue weighted by molar-refractivity contribution is 0.103. The van der Waals surface area contributed by atoms with Gasteiger partial charge in [0.1, 0.15) is 15.7 Å². The summed E-state index contributed by atoms with van der Waals surface area (Å²) < 4.78 is 13.4. The average molecular weight is 402 g/mol. The molecule has 26 heavy (non-hydrogen) atoms. The van der Waals surface area contributed by atoms with Crippen molar-refractivity contribution in [1.29, 1.82) is 0 Å². The lowest BCUT2D eigenvalue weighted by Crippen LogP contribution is -2.11. The van der Waals surface area contributed by atoms with Crippen molar-refractivity contribution in [3.05, 3.63) is 63.5 Å². The number of thiophene rings is 1. The molecule has 1 aromatic carbocycles. The van der Waals surface area contributed by atoms with Gasteiger partial charge in [-0.2, -0.15) is 0 Å². The standard InChI is InChI=1S/C18H12FN3OS3/c1-10-15(26-17(20-10)14-6-3-7-24-14)16(23)22-18-21-13(9-25-18)11-4-2-5-12(19)8-11/h2-9H,1H3,(H,21,22,23). The number of carbonyl (C=O) groups excluding carboxylic acids is 1. The first-order chi connectivity index (χ1) is 12.6. The van der Waals surface area contributed by atoms with E-state index in [4.69, 9.17) is 0 Å². The van der Waals surface area contributed by atoms with Crippen LogP contribution in [0.15, 0.2) is 47.2 Å². The van der Waals surface area contributed by atoms with Crippen LogP contribution < -0.4 is 5.32 Å². The fraction of sp³-hybridized carbons (Fsp3) is 0.0556. The summed E-state index contributed by atoms with van der Waals surface area (Å²) in [5.41, 5.74) is 2.00. The molecule has 0 saturated carbocycles. The van der Waals surface area contributed by atoms with Crippen molar-refractivity contribution >= 4 is 45.0 Å². The maximum absolute atomic E-state index is 13.4. The van der Waals surface area contributed by atoms with Gasteiger partial charge in [0, 0.05) is 10.9 Å². The topological polar surface area (TPSA) is 54.9 Å². The fourth-order valence-corrected chi connectivity index (χ4v) is 4.85. The first-order valence-electron chi connectivity index (χ1n) is 7.64. The second kappa shape index (κ2) is 7.06. The van der Waals surface area contributed by atoms with Crippen LogP contribution in [0.1, 0.15) is 15.4 Å². The largest absolute Gasteiger partial charge is 0.297 e. The molecule has 0 saturated heterocycles. The Labute approximate surface area is 161 Å². The Morgan fingerprint density at radius 1 is 1.15 bits per heavy atom. The second-order valence-electron chi connectivity index (χ2n) is 5.41. The Morgan fingerprint density at radius 2 is 2.04 bits per heavy atom. The van der Waals surface area contributed by atoms with Gasteiger partial charge >= 0.3 is 0 Å². The highest BCUT2D eigenvalue weighted by Crippen LogP contribution is 2.32. The summed E-state index contributed by atoms with van der Waals surface area (Å²) in [7, 11) is 0. The van der Waals surface area contributed by atoms with Gasteiger partial charge in [0.25, 0.3) is 5.91 Å². The number of hydrogen-bond acceptors (Lipinski definition) is 6. The van der Waals surface area contributed by atoms with Crippen LogP contribution in [0.25, 0.3) is 21.1 Å². The van der Waals surface area contributed by atoms with Gasteiger partial charge in [-0.25, -0.2) is 14.4 Å². The van der Waals surface area contributed by atoms with Gasteiger partial charge in [0.2, 0.25) is 0 Å². The van der Waals surface area contributed by atoms with E-state index < -0.39 is 0 Å². The van der Waals surface area contributed by atoms with Crippen LogP contribution in [0.2, 0.25) is 0 Å². The fourth-order valence-electron chi connectivity index (χ4n) is 2.38. The molecule has 3 aromatic heterocycles. The molecule has 4 rings (SSSR count). The highest BCUT2D eigenvalue weighted by atomic mass is 32.1. The molecular weight excluding hydrogens is 389 g/mol. The van der Waals surface area contributed by atoms with Crippen molar-refractivity contribution in [3.8, 4) is 21.1 Å². The van der Waals surface area contributed by atoms with Gasteiger partial charge in [-0.05, 0) is 30.5 Å². The van der Waals surface area contributed by atoms with E-state index in [0.29, 0.717) is 27.0 Å². The Hall–Kier alpha value is -2.42. The summed E-state index contributed by atoms with van der Waals surface area (Å²) in [6.45, 7) is 1.82. The van der Waals surface area contributed by atoms with E-state index in [2.05, 4.69) is 15.3 Å². The number of nitrogens with zero attached hydrogens (tertiary/aromatic N) is 2. The summed E-state index contributed by atoms with van der Waals surface area (Å²) in [4.78, 5) is 23.1. The molecule has 4 aromatic rings. The van der Waals surface area contributed by atoms with E-state index in [1.54, 1.807) is 28.8 Å². The zero-order chi connectivity index (χ0) is 18.1. The van der Waals surface area contributed by atoms with Gasteiger partial charge in [0.15, 0.2) is 5.13 Å². The maximum atomic E-state index is 13.4. The number of nitrogens with one attached hydrogen (secondary N) is 1. The molecule has 3 heterocycles. The molecule has 0 unspecified atom stereocenters. The molecule has 0 atom stereocenters. The van der Waals surface area contributed by atoms with Gasteiger partial charge in [-0.1, -0.05) is 18.2 Å². The molecular formula is C18H12FN3OS3. The van der Waals surface area contributed by atoms with Crippen LogP contribution in [0, 0.1) is 12.7 Å². The number of anilines is 1. The monoisotopic (exact) mass is 401 g/mol. The quantitative estimate of drug-likeness (QED) is 0.478. The summed E-state index contributed by atoms with van der Waals surface area (Å²) in [6.07, 6.45) is 0. The number of amides is 1. The molecule has 1 N–H and O–H groups in total. The highest BCUT2D eigenvalue weighted by molar-refractivity contribution is 7.22. The lowest BCUT2D eigenvalue weighted by atomic mass is 10.2. The number of benzene rings is 1. The number of aryl methyl sites for hydroxylation is 1. The number of halogens is 1. The molecule has 1 amide bonds. The Morgan fingerprint density at radius 3 is 2.81 bits per heavy atom. The molecule has 0 aliphatic carbocycles. The maximum Gasteiger partial charge on any atom is 0.269 e. The first kappa shape index (κ1) is 17.0. The van der Waals surface area contributed by atoms with Crippen molar-refractivity contribution in [2.45, 2.75) is 6.92 Å². The van der Waals surface area contributed by atoms with Crippen molar-refractivity contribution < 1.29 is 9.18 Å². The predicted octanol–water partition coefficient (Wildman–Crippen LogP) is 5.69. The average Bonchev–Trinajstić information content (AvgIpc) is 3.34. The van der Waals surface area contributed by atoms with E-state index in [1.807, 2.05) is 24.4 Å². The van der Waals surface area contributed by atoms with Crippen LogP contribution in [0.5, 0.6) is 0 Å². The summed E-state index contributed by atoms with van der Waals surface area (Å²) in [6, 6.07) is 10.2. The van der Waals surface area contributed by atoms with Crippen LogP contribution in [0.3, 0.4) is 0 Å². The van der Waals surface area contributed by atoms with Gasteiger partial charge < -0.3 is 0 Å². The Kier molecular flexibility index (Phi) is 4.62. The molecule has 0 aliphatic rings. The van der Waals surface area contributed by atoms with E-state index in [0.717, 1.165) is 9.88 Å². The molecule has 0 aliphatic heterocycles. The van der Waals surface area contributed by atoms with Crippen molar-refractivity contribution in [3.63, 3.8) is 0 Å². The molecule has 0 fully saturated rings. The Balaban J connectivity index is 1.54. The van der Waals surface area contributed by atoms with Crippen LogP contribution in [-0.4, -0.2) is 15.9 Å². The van der Waals surface area contributed by atoms with Gasteiger partial charge in [-0.3, -0.25) is 10.1 Å². The molecule has 0 bridgehead atoms. The molecule has 4 nitrogen and oxygen atoms in total. The van der Waals surface area contributed by atoms with Crippen molar-refractivity contribution in [1.82, 2.24) is 9.97 Å². The highest BCUT2D eigenvalue weighted by Gasteiger charge is 2.18. The van der Waals surface area contributed by atoms with E-state index in [-0.39, 0.29) is 11.7 Å². The smallest absolute Gasteiger partial charge is 0.269 e. The minimum atomic E-state index is -0.317. The van der Waals surface area contributed by atoms with Crippen LogP contribution >= 0.6 is 34.0 Å². The third-order valence-electron chi connectivity index (χ3n) is 3.58. The van der Waals surface area contributed by atoms with Gasteiger partial charge in [0.05, 0.1) is 16.3 Å². The van der Waals surface area contributed by atoms with E-state index in [1.165, 1.54) is 34.8 Å². The van der Waals surface area contributed by atoms with Crippen LogP contribution in [-0.2, 0) is 0 Å². The van der Waals surface area contributed by atoms with E-state index in [9.17, 15) is 9.18 Å². The normalized spacial score (nSPS) is 10.8. The van der Waals surface area contributed by atoms with Crippen molar-refractivity contribution in [2.24, 2.45) is 0 Å². The summed E-state index contributed by atoms with van der Waals surface area (Å²) in [5, 5.41) is 7.89. The number of aromatic nitrogens is 2. The lowest BCUT2D eigenvalue weighted by Gasteiger charge is -1.99. The number of carbonyl (C=O) groups is 1. The van der Waals surface area contributed by atoms with Gasteiger partial charge in [-0.15, -0.1) is 34.0 Å². The first-order valence-corrected chi connectivity index (χ1v) is 10.2. The number of hydrogen-bond donors (Lipinski definition) is 1. The zero-order valence-electron chi connectivity index (χ0n) is 13.5. The zero-order valence-corrected chi connectivity index (χ0v) is 16.0. The summed E-state index contributed by atoms with van der Waals surface area (Å²) in [5.74, 6) is -0.551. The minimum absolute atomic E-state index is 0.233. The third-order valence-corrected chi connectivity index (χ3v) is 6.53. The third kappa shape index (κ3) is 3.44. The SMILES string of the molecule is Cc1nc(-c2cccs2)sc1C(=O)Nc1nc(-c2cccc(F)c2)cs1. The number of rotatable bonds is 4. The van der Waals surface area contributed by atoms with Crippen molar-refractivity contribution in [2.75, 3.05) is 5.32 Å². The second-order valence-corrected chi connectivity index (χ2v) is 8.22. The molecule has 0 radical (unpaired) electrons. The molecule has 130 valence electrons. The number of thiazole rings is 2. The van der Waals surface area contributed by atoms with Crippen LogP contribution in [0.4, 0.5) is 9.52 Å².